The van der Waals surface area contributed by atoms with E-state index in [4.69, 9.17) is 0 Å². The molecule has 0 aliphatic carbocycles. The number of aryl methyl sites for hydroxylation is 2. The van der Waals surface area contributed by atoms with Crippen LogP contribution in [0.25, 0.3) is 0 Å². The van der Waals surface area contributed by atoms with E-state index in [1.165, 1.54) is 11.0 Å². The van der Waals surface area contributed by atoms with Crippen LogP contribution in [0.15, 0.2) is 29.2 Å². The molecule has 0 bridgehead atoms. The highest BCUT2D eigenvalue weighted by atomic mass is 19.1. The lowest BCUT2D eigenvalue weighted by atomic mass is 10.1. The highest BCUT2D eigenvalue weighted by Crippen LogP contribution is 2.29. The fourth-order valence-electron chi connectivity index (χ4n) is 2.34. The molecule has 0 spiro atoms. The summed E-state index contributed by atoms with van der Waals surface area (Å²) in [6.45, 7) is 4.36. The molecule has 0 radical (unpaired) electrons. The fourth-order valence-corrected chi connectivity index (χ4v) is 2.34. The Morgan fingerprint density at radius 3 is 2.65 bits per heavy atom. The zero-order valence-corrected chi connectivity index (χ0v) is 11.2. The molecule has 2 aliphatic heterocycles. The average molecular weight is 277 g/mol. The van der Waals surface area contributed by atoms with Crippen LogP contribution < -0.4 is 4.90 Å². The Kier molecular flexibility index (Phi) is 2.81. The van der Waals surface area contributed by atoms with Crippen molar-refractivity contribution in [1.82, 2.24) is 4.90 Å². The number of anilines is 1. The number of benzene rings is 1. The quantitative estimate of drug-likeness (QED) is 0.738. The Morgan fingerprint density at radius 2 is 1.90 bits per heavy atom. The summed E-state index contributed by atoms with van der Waals surface area (Å²) in [6.07, 6.45) is 0.860. The smallest absolute Gasteiger partial charge is 0.262 e. The van der Waals surface area contributed by atoms with Gasteiger partial charge in [0.1, 0.15) is 5.82 Å². The lowest BCUT2D eigenvalue weighted by Gasteiger charge is -2.31. The molecule has 0 unspecified atom stereocenters. The number of aliphatic imine (C=N–C) groups is 1. The van der Waals surface area contributed by atoms with E-state index >= 15 is 0 Å². The van der Waals surface area contributed by atoms with Crippen molar-refractivity contribution in [3.63, 3.8) is 0 Å². The molecule has 20 heavy (non-hydrogen) atoms. The van der Waals surface area contributed by atoms with Gasteiger partial charge in [-0.2, -0.15) is 4.39 Å². The second kappa shape index (κ2) is 4.40. The van der Waals surface area contributed by atoms with Crippen molar-refractivity contribution >= 4 is 17.6 Å². The Hall–Kier alpha value is -2.24. The van der Waals surface area contributed by atoms with Crippen molar-refractivity contribution in [1.29, 1.82) is 0 Å². The van der Waals surface area contributed by atoms with Crippen molar-refractivity contribution in [2.45, 2.75) is 13.8 Å². The van der Waals surface area contributed by atoms with Gasteiger partial charge < -0.3 is 0 Å². The Morgan fingerprint density at radius 1 is 1.20 bits per heavy atom. The molecule has 4 nitrogen and oxygen atoms in total. The monoisotopic (exact) mass is 277 g/mol. The Labute approximate surface area is 115 Å². The van der Waals surface area contributed by atoms with Crippen LogP contribution in [0, 0.1) is 19.7 Å². The van der Waals surface area contributed by atoms with E-state index in [1.54, 1.807) is 13.0 Å². The molecule has 2 aliphatic rings. The minimum absolute atomic E-state index is 0.104. The molecule has 0 N–H and O–H groups in total. The van der Waals surface area contributed by atoms with Crippen LogP contribution in [0.2, 0.25) is 0 Å². The second-order valence-corrected chi connectivity index (χ2v) is 4.86. The Balaban J connectivity index is 2.14. The first kappa shape index (κ1) is 12.8. The van der Waals surface area contributed by atoms with Gasteiger partial charge >= 0.3 is 0 Å². The van der Waals surface area contributed by atoms with Gasteiger partial charge in [-0.3, -0.25) is 14.7 Å². The molecule has 6 heteroatoms. The van der Waals surface area contributed by atoms with Crippen LogP contribution in [0.3, 0.4) is 0 Å². The van der Waals surface area contributed by atoms with Gasteiger partial charge in [0.05, 0.1) is 18.3 Å². The summed E-state index contributed by atoms with van der Waals surface area (Å²) in [4.78, 5) is 18.5. The molecule has 104 valence electrons. The molecule has 0 saturated heterocycles. The molecule has 0 atom stereocenters. The molecule has 3 rings (SSSR count). The third-order valence-corrected chi connectivity index (χ3v) is 3.54. The summed E-state index contributed by atoms with van der Waals surface area (Å²) in [7, 11) is 0. The van der Waals surface area contributed by atoms with Gasteiger partial charge in [0.15, 0.2) is 0 Å². The number of nitrogens with zero attached hydrogens (tertiary/aromatic N) is 3. The van der Waals surface area contributed by atoms with Crippen LogP contribution in [0.1, 0.15) is 11.1 Å². The van der Waals surface area contributed by atoms with Gasteiger partial charge in [-0.1, -0.05) is 0 Å². The maximum Gasteiger partial charge on any atom is 0.262 e. The number of fused-ring (bicyclic) bond motifs is 1. The molecule has 1 aromatic carbocycles. The first-order valence-corrected chi connectivity index (χ1v) is 6.29. The zero-order valence-electron chi connectivity index (χ0n) is 11.2. The van der Waals surface area contributed by atoms with Gasteiger partial charge in [-0.05, 0) is 37.1 Å². The van der Waals surface area contributed by atoms with Crippen molar-refractivity contribution in [3.05, 3.63) is 41.1 Å². The maximum absolute atomic E-state index is 14.2. The largest absolute Gasteiger partial charge is 0.286 e. The zero-order chi connectivity index (χ0) is 14.4. The van der Waals surface area contributed by atoms with E-state index in [0.29, 0.717) is 13.1 Å². The summed E-state index contributed by atoms with van der Waals surface area (Å²) in [6, 6.07) is 2.95. The standard InChI is InChI=1S/C14H13F2N3O/c1-8-5-10(15)11(6-9(8)2)19-13(20)7-12(16)18-4-3-17-14(18)19/h5-7H,3-4H2,1-2H3. The van der Waals surface area contributed by atoms with Crippen molar-refractivity contribution in [3.8, 4) is 0 Å². The Bertz CT molecular complexity index is 667. The minimum atomic E-state index is -0.647. The van der Waals surface area contributed by atoms with Crippen LogP contribution >= 0.6 is 0 Å². The van der Waals surface area contributed by atoms with Gasteiger partial charge in [-0.25, -0.2) is 9.29 Å². The van der Waals surface area contributed by atoms with Crippen LogP contribution in [0.4, 0.5) is 14.5 Å². The van der Waals surface area contributed by atoms with Gasteiger partial charge in [0, 0.05) is 6.54 Å². The van der Waals surface area contributed by atoms with E-state index in [2.05, 4.69) is 4.99 Å². The van der Waals surface area contributed by atoms with E-state index in [1.807, 2.05) is 6.92 Å². The van der Waals surface area contributed by atoms with E-state index < -0.39 is 17.7 Å². The van der Waals surface area contributed by atoms with Crippen LogP contribution in [-0.2, 0) is 4.79 Å². The first-order valence-electron chi connectivity index (χ1n) is 6.29. The van der Waals surface area contributed by atoms with E-state index in [0.717, 1.165) is 22.1 Å². The lowest BCUT2D eigenvalue weighted by Crippen LogP contribution is -2.48. The molecule has 2 heterocycles. The molecular weight excluding hydrogens is 264 g/mol. The highest BCUT2D eigenvalue weighted by molar-refractivity contribution is 6.22. The van der Waals surface area contributed by atoms with Crippen molar-refractivity contribution < 1.29 is 13.6 Å². The summed E-state index contributed by atoms with van der Waals surface area (Å²) >= 11 is 0. The number of carbonyl (C=O) groups is 1. The number of carbonyl (C=O) groups excluding carboxylic acids is 1. The average Bonchev–Trinajstić information content (AvgIpc) is 2.84. The predicted molar refractivity (Wildman–Crippen MR) is 71.6 cm³/mol. The number of rotatable bonds is 1. The molecule has 0 aromatic heterocycles. The first-order chi connectivity index (χ1) is 9.49. The van der Waals surface area contributed by atoms with Crippen molar-refractivity contribution in [2.75, 3.05) is 18.0 Å². The minimum Gasteiger partial charge on any atom is -0.286 e. The van der Waals surface area contributed by atoms with E-state index in [9.17, 15) is 13.6 Å². The number of hydrogen-bond donors (Lipinski definition) is 0. The number of guanidine groups is 1. The van der Waals surface area contributed by atoms with E-state index in [-0.39, 0.29) is 11.6 Å². The van der Waals surface area contributed by atoms with Crippen LogP contribution in [0.5, 0.6) is 0 Å². The summed E-state index contributed by atoms with van der Waals surface area (Å²) in [5.74, 6) is -1.64. The third-order valence-electron chi connectivity index (χ3n) is 3.54. The number of amides is 1. The molecule has 1 aromatic rings. The SMILES string of the molecule is Cc1cc(F)c(N2C(=O)C=C(F)N3CCN=C32)cc1C. The van der Waals surface area contributed by atoms with Crippen LogP contribution in [-0.4, -0.2) is 29.9 Å². The number of halogens is 2. The van der Waals surface area contributed by atoms with Gasteiger partial charge in [-0.15, -0.1) is 0 Å². The maximum atomic E-state index is 14.2. The number of hydrogen-bond acceptors (Lipinski definition) is 3. The molecule has 1 amide bonds. The normalized spacial score (nSPS) is 18.1. The topological polar surface area (TPSA) is 35.9 Å². The van der Waals surface area contributed by atoms with Crippen molar-refractivity contribution in [2.24, 2.45) is 4.99 Å². The second-order valence-electron chi connectivity index (χ2n) is 4.86. The third kappa shape index (κ3) is 1.79. The molecule has 0 fully saturated rings. The summed E-state index contributed by atoms with van der Waals surface area (Å²) in [5, 5.41) is 0. The summed E-state index contributed by atoms with van der Waals surface area (Å²) < 4.78 is 27.8. The van der Waals surface area contributed by atoms with Gasteiger partial charge in [0.2, 0.25) is 11.9 Å². The lowest BCUT2D eigenvalue weighted by molar-refractivity contribution is -0.113. The van der Waals surface area contributed by atoms with Gasteiger partial charge in [0.25, 0.3) is 5.91 Å². The summed E-state index contributed by atoms with van der Waals surface area (Å²) in [5.41, 5.74) is 1.75. The fraction of sp³-hybridized carbons (Fsp3) is 0.286. The highest BCUT2D eigenvalue weighted by Gasteiger charge is 2.36. The molecular formula is C14H13F2N3O. The predicted octanol–water partition coefficient (Wildman–Crippen LogP) is 2.27. The molecule has 0 saturated carbocycles.